The van der Waals surface area contributed by atoms with E-state index in [4.69, 9.17) is 0 Å². The number of fused-ring (bicyclic) bond motifs is 3. The molecule has 1 fully saturated rings. The van der Waals surface area contributed by atoms with Crippen molar-refractivity contribution >= 4 is 27.5 Å². The minimum atomic E-state index is -0.362. The lowest BCUT2D eigenvalue weighted by Crippen LogP contribution is -2.42. The summed E-state index contributed by atoms with van der Waals surface area (Å²) < 4.78 is 13.8. The molecule has 0 spiro atoms. The topological polar surface area (TPSA) is 69.8 Å². The number of anilines is 1. The van der Waals surface area contributed by atoms with E-state index in [0.29, 0.717) is 34.1 Å². The Labute approximate surface area is 138 Å². The van der Waals surface area contributed by atoms with Crippen LogP contribution in [0.25, 0.3) is 21.7 Å². The van der Waals surface area contributed by atoms with Gasteiger partial charge in [0.25, 0.3) is 5.56 Å². The second kappa shape index (κ2) is 5.87. The molecule has 2 atom stereocenters. The van der Waals surface area contributed by atoms with Crippen LogP contribution in [0.15, 0.2) is 35.3 Å². The molecule has 2 aromatic heterocycles. The molecule has 4 rings (SSSR count). The quantitative estimate of drug-likeness (QED) is 0.633. The minimum Gasteiger partial charge on any atom is -0.366 e. The van der Waals surface area contributed by atoms with Crippen molar-refractivity contribution in [3.63, 3.8) is 0 Å². The molecule has 3 N–H and O–H groups in total. The van der Waals surface area contributed by atoms with E-state index in [1.165, 1.54) is 12.1 Å². The van der Waals surface area contributed by atoms with Gasteiger partial charge in [-0.3, -0.25) is 4.79 Å². The molecule has 2 unspecified atom stereocenters. The highest BCUT2D eigenvalue weighted by molar-refractivity contribution is 6.09. The predicted octanol–water partition coefficient (Wildman–Crippen LogP) is 2.63. The number of benzene rings is 1. The monoisotopic (exact) mass is 326 g/mol. The summed E-state index contributed by atoms with van der Waals surface area (Å²) in [6.45, 7) is 4.11. The Morgan fingerprint density at radius 2 is 2.17 bits per heavy atom. The molecule has 3 heterocycles. The Morgan fingerprint density at radius 1 is 1.29 bits per heavy atom. The smallest absolute Gasteiger partial charge is 0.258 e. The van der Waals surface area contributed by atoms with E-state index in [0.717, 1.165) is 24.9 Å². The minimum absolute atomic E-state index is 0.252. The van der Waals surface area contributed by atoms with Crippen molar-refractivity contribution in [1.82, 2.24) is 15.3 Å². The molecule has 0 amide bonds. The second-order valence-corrected chi connectivity index (χ2v) is 6.44. The van der Waals surface area contributed by atoms with Crippen LogP contribution >= 0.6 is 0 Å². The van der Waals surface area contributed by atoms with Gasteiger partial charge in [0.15, 0.2) is 0 Å². The summed E-state index contributed by atoms with van der Waals surface area (Å²) in [7, 11) is 0. The van der Waals surface area contributed by atoms with Crippen LogP contribution in [-0.2, 0) is 0 Å². The van der Waals surface area contributed by atoms with Crippen LogP contribution in [0.5, 0.6) is 0 Å². The fourth-order valence-electron chi connectivity index (χ4n) is 3.45. The van der Waals surface area contributed by atoms with Gasteiger partial charge in [0.05, 0.1) is 10.9 Å². The van der Waals surface area contributed by atoms with Gasteiger partial charge in [-0.25, -0.2) is 9.37 Å². The molecule has 124 valence electrons. The SMILES string of the molecule is CC1CNCCC1Nc1nc2cc[nH]c(=O)c2c2cc(F)ccc12. The van der Waals surface area contributed by atoms with Crippen LogP contribution in [0.1, 0.15) is 13.3 Å². The maximum absolute atomic E-state index is 13.8. The predicted molar refractivity (Wildman–Crippen MR) is 93.9 cm³/mol. The van der Waals surface area contributed by atoms with Crippen LogP contribution in [0.2, 0.25) is 0 Å². The average Bonchev–Trinajstić information content (AvgIpc) is 2.56. The highest BCUT2D eigenvalue weighted by atomic mass is 19.1. The van der Waals surface area contributed by atoms with E-state index < -0.39 is 0 Å². The Balaban J connectivity index is 1.92. The van der Waals surface area contributed by atoms with Crippen molar-refractivity contribution in [3.05, 3.63) is 46.6 Å². The Morgan fingerprint density at radius 3 is 3.00 bits per heavy atom. The average molecular weight is 326 g/mol. The largest absolute Gasteiger partial charge is 0.366 e. The molecule has 0 radical (unpaired) electrons. The summed E-state index contributed by atoms with van der Waals surface area (Å²) in [4.78, 5) is 19.5. The molecular weight excluding hydrogens is 307 g/mol. The number of nitrogens with zero attached hydrogens (tertiary/aromatic N) is 1. The van der Waals surface area contributed by atoms with Gasteiger partial charge in [0.2, 0.25) is 0 Å². The highest BCUT2D eigenvalue weighted by Gasteiger charge is 2.22. The molecule has 0 aliphatic carbocycles. The van der Waals surface area contributed by atoms with E-state index in [1.807, 2.05) is 0 Å². The molecule has 24 heavy (non-hydrogen) atoms. The fourth-order valence-corrected chi connectivity index (χ4v) is 3.45. The van der Waals surface area contributed by atoms with Crippen molar-refractivity contribution in [2.24, 2.45) is 5.92 Å². The van der Waals surface area contributed by atoms with Gasteiger partial charge < -0.3 is 15.6 Å². The zero-order chi connectivity index (χ0) is 16.7. The molecule has 1 aliphatic rings. The zero-order valence-corrected chi connectivity index (χ0v) is 13.4. The highest BCUT2D eigenvalue weighted by Crippen LogP contribution is 2.29. The molecule has 6 heteroatoms. The molecule has 1 saturated heterocycles. The van der Waals surface area contributed by atoms with Gasteiger partial charge in [-0.05, 0) is 49.7 Å². The third-order valence-electron chi connectivity index (χ3n) is 4.78. The van der Waals surface area contributed by atoms with Gasteiger partial charge in [-0.15, -0.1) is 0 Å². The Kier molecular flexibility index (Phi) is 3.69. The Hall–Kier alpha value is -2.47. The van der Waals surface area contributed by atoms with Crippen molar-refractivity contribution in [1.29, 1.82) is 0 Å². The number of rotatable bonds is 2. The number of pyridine rings is 2. The number of aromatic nitrogens is 2. The fraction of sp³-hybridized carbons (Fsp3) is 0.333. The summed E-state index contributed by atoms with van der Waals surface area (Å²) in [5, 5.41) is 8.68. The van der Waals surface area contributed by atoms with Gasteiger partial charge in [-0.2, -0.15) is 0 Å². The first-order valence-electron chi connectivity index (χ1n) is 8.21. The van der Waals surface area contributed by atoms with Crippen molar-refractivity contribution in [3.8, 4) is 0 Å². The number of nitrogens with one attached hydrogen (secondary N) is 3. The normalized spacial score (nSPS) is 21.2. The first-order chi connectivity index (χ1) is 11.6. The zero-order valence-electron chi connectivity index (χ0n) is 13.4. The third kappa shape index (κ3) is 2.53. The molecule has 5 nitrogen and oxygen atoms in total. The maximum Gasteiger partial charge on any atom is 0.258 e. The van der Waals surface area contributed by atoms with E-state index in [-0.39, 0.29) is 11.4 Å². The molecule has 1 aliphatic heterocycles. The van der Waals surface area contributed by atoms with Crippen LogP contribution in [0.4, 0.5) is 10.2 Å². The summed E-state index contributed by atoms with van der Waals surface area (Å²) in [6.07, 6.45) is 2.57. The number of aromatic amines is 1. The van der Waals surface area contributed by atoms with Crippen LogP contribution in [0.3, 0.4) is 0 Å². The lowest BCUT2D eigenvalue weighted by Gasteiger charge is -2.31. The number of hydrogen-bond donors (Lipinski definition) is 3. The number of piperidine rings is 1. The van der Waals surface area contributed by atoms with E-state index in [9.17, 15) is 9.18 Å². The van der Waals surface area contributed by atoms with Crippen LogP contribution in [0, 0.1) is 11.7 Å². The number of H-pyrrole nitrogens is 1. The lowest BCUT2D eigenvalue weighted by atomic mass is 9.95. The lowest BCUT2D eigenvalue weighted by molar-refractivity contribution is 0.368. The number of hydrogen-bond acceptors (Lipinski definition) is 4. The maximum atomic E-state index is 13.8. The molecular formula is C18H19FN4O. The molecule has 0 saturated carbocycles. The van der Waals surface area contributed by atoms with E-state index in [1.54, 1.807) is 18.3 Å². The molecule has 1 aromatic carbocycles. The summed E-state index contributed by atoms with van der Waals surface area (Å²) in [5.41, 5.74) is 0.318. The molecule has 0 bridgehead atoms. The van der Waals surface area contributed by atoms with Gasteiger partial charge >= 0.3 is 0 Å². The second-order valence-electron chi connectivity index (χ2n) is 6.44. The van der Waals surface area contributed by atoms with Crippen molar-refractivity contribution in [2.45, 2.75) is 19.4 Å². The molecule has 3 aromatic rings. The summed E-state index contributed by atoms with van der Waals surface area (Å²) in [5.74, 6) is 0.812. The Bertz CT molecular complexity index is 968. The summed E-state index contributed by atoms with van der Waals surface area (Å²) in [6, 6.07) is 6.55. The van der Waals surface area contributed by atoms with Crippen molar-refractivity contribution in [2.75, 3.05) is 18.4 Å². The van der Waals surface area contributed by atoms with E-state index in [2.05, 4.69) is 27.5 Å². The van der Waals surface area contributed by atoms with Gasteiger partial charge in [-0.1, -0.05) is 6.92 Å². The number of halogens is 1. The van der Waals surface area contributed by atoms with Crippen LogP contribution in [-0.4, -0.2) is 29.1 Å². The van der Waals surface area contributed by atoms with E-state index >= 15 is 0 Å². The van der Waals surface area contributed by atoms with Crippen LogP contribution < -0.4 is 16.2 Å². The third-order valence-corrected chi connectivity index (χ3v) is 4.78. The van der Waals surface area contributed by atoms with Gasteiger partial charge in [0.1, 0.15) is 11.6 Å². The van der Waals surface area contributed by atoms with Crippen molar-refractivity contribution < 1.29 is 4.39 Å². The summed E-state index contributed by atoms with van der Waals surface area (Å²) >= 11 is 0. The first-order valence-corrected chi connectivity index (χ1v) is 8.21. The first kappa shape index (κ1) is 15.1. The standard InChI is InChI=1S/C18H19FN4O/c1-10-9-20-6-4-14(10)22-17-12-3-2-11(19)8-13(12)16-15(23-17)5-7-21-18(16)24/h2-3,5,7-8,10,14,20H,4,6,9H2,1H3,(H,21,24)(H,22,23). The van der Waals surface area contributed by atoms with Gasteiger partial charge in [0, 0.05) is 23.0 Å².